The zero-order valence-corrected chi connectivity index (χ0v) is 12.1. The molecule has 1 aromatic carbocycles. The molecular weight excluding hydrogens is 236 g/mol. The maximum absolute atomic E-state index is 12.3. The fourth-order valence-corrected chi connectivity index (χ4v) is 2.40. The highest BCUT2D eigenvalue weighted by molar-refractivity contribution is 5.83. The van der Waals surface area contributed by atoms with Crippen LogP contribution in [0.1, 0.15) is 44.4 Å². The van der Waals surface area contributed by atoms with Gasteiger partial charge in [0.1, 0.15) is 6.04 Å². The average Bonchev–Trinajstić information content (AvgIpc) is 2.36. The molecule has 0 fully saturated rings. The van der Waals surface area contributed by atoms with Gasteiger partial charge in [0.05, 0.1) is 0 Å². The van der Waals surface area contributed by atoms with E-state index in [1.54, 1.807) is 0 Å². The first-order chi connectivity index (χ1) is 8.97. The maximum Gasteiger partial charge on any atom is 0.241 e. The fraction of sp³-hybridized carbons (Fsp3) is 0.562. The summed E-state index contributed by atoms with van der Waals surface area (Å²) >= 11 is 0. The Hall–Kier alpha value is -1.35. The highest BCUT2D eigenvalue weighted by Gasteiger charge is 2.25. The Bertz CT molecular complexity index is 448. The Labute approximate surface area is 115 Å². The van der Waals surface area contributed by atoms with Gasteiger partial charge in [-0.3, -0.25) is 4.79 Å². The zero-order valence-electron chi connectivity index (χ0n) is 12.1. The zero-order chi connectivity index (χ0) is 13.9. The van der Waals surface area contributed by atoms with Crippen molar-refractivity contribution < 1.29 is 4.79 Å². The summed E-state index contributed by atoms with van der Waals surface area (Å²) < 4.78 is 0. The third kappa shape index (κ3) is 3.80. The molecular formula is C16H24N2O. The summed E-state index contributed by atoms with van der Waals surface area (Å²) in [5.41, 5.74) is 2.67. The molecule has 1 aromatic rings. The van der Waals surface area contributed by atoms with E-state index in [-0.39, 0.29) is 17.4 Å². The van der Waals surface area contributed by atoms with Crippen molar-refractivity contribution in [2.45, 2.75) is 39.7 Å². The first-order valence-corrected chi connectivity index (χ1v) is 7.06. The second-order valence-electron chi connectivity index (χ2n) is 6.44. The summed E-state index contributed by atoms with van der Waals surface area (Å²) in [4.78, 5) is 12.3. The molecule has 0 radical (unpaired) electrons. The Balaban J connectivity index is 1.97. The smallest absolute Gasteiger partial charge is 0.241 e. The molecule has 2 rings (SSSR count). The van der Waals surface area contributed by atoms with Crippen LogP contribution >= 0.6 is 0 Å². The van der Waals surface area contributed by atoms with Crippen LogP contribution in [0, 0.1) is 5.41 Å². The Morgan fingerprint density at radius 1 is 1.37 bits per heavy atom. The summed E-state index contributed by atoms with van der Waals surface area (Å²) in [5, 5.41) is 6.36. The second kappa shape index (κ2) is 5.74. The van der Waals surface area contributed by atoms with E-state index in [2.05, 4.69) is 43.5 Å². The number of hydrogen-bond acceptors (Lipinski definition) is 2. The first kappa shape index (κ1) is 14.1. The molecule has 0 aromatic heterocycles. The molecule has 0 aliphatic carbocycles. The maximum atomic E-state index is 12.3. The summed E-state index contributed by atoms with van der Waals surface area (Å²) in [6.07, 6.45) is 2.00. The number of rotatable bonds is 3. The molecule has 0 saturated carbocycles. The Morgan fingerprint density at radius 2 is 2.11 bits per heavy atom. The molecule has 0 bridgehead atoms. The molecule has 1 aliphatic heterocycles. The van der Waals surface area contributed by atoms with Gasteiger partial charge in [-0.15, -0.1) is 0 Å². The molecule has 3 heteroatoms. The molecule has 19 heavy (non-hydrogen) atoms. The van der Waals surface area contributed by atoms with Crippen LogP contribution in [0.2, 0.25) is 0 Å². The van der Waals surface area contributed by atoms with Gasteiger partial charge in [0.15, 0.2) is 0 Å². The molecule has 2 N–H and O–H groups in total. The molecule has 1 atom stereocenters. The van der Waals surface area contributed by atoms with Crippen molar-refractivity contribution in [3.05, 3.63) is 35.4 Å². The van der Waals surface area contributed by atoms with Crippen molar-refractivity contribution in [1.82, 2.24) is 10.6 Å². The minimum absolute atomic E-state index is 0.0939. The van der Waals surface area contributed by atoms with Crippen LogP contribution in [-0.4, -0.2) is 19.0 Å². The van der Waals surface area contributed by atoms with Gasteiger partial charge in [-0.1, -0.05) is 45.0 Å². The number of amides is 1. The lowest BCUT2D eigenvalue weighted by atomic mass is 9.92. The molecule has 104 valence electrons. The van der Waals surface area contributed by atoms with E-state index in [9.17, 15) is 4.79 Å². The van der Waals surface area contributed by atoms with Gasteiger partial charge in [-0.2, -0.15) is 0 Å². The lowest BCUT2D eigenvalue weighted by Crippen LogP contribution is -2.42. The van der Waals surface area contributed by atoms with Crippen molar-refractivity contribution in [3.63, 3.8) is 0 Å². The molecule has 3 nitrogen and oxygen atoms in total. The van der Waals surface area contributed by atoms with Gasteiger partial charge in [-0.25, -0.2) is 0 Å². The van der Waals surface area contributed by atoms with Crippen LogP contribution in [0.15, 0.2) is 24.3 Å². The minimum atomic E-state index is -0.190. The molecule has 0 saturated heterocycles. The van der Waals surface area contributed by atoms with E-state index in [1.807, 2.05) is 12.1 Å². The SMILES string of the molecule is CC(C)(C)CCNC(=O)C1NCCc2ccccc21. The third-order valence-electron chi connectivity index (χ3n) is 3.55. The van der Waals surface area contributed by atoms with Gasteiger partial charge in [0, 0.05) is 13.1 Å². The predicted octanol–water partition coefficient (Wildman–Crippen LogP) is 2.43. The monoisotopic (exact) mass is 260 g/mol. The number of carbonyl (C=O) groups is 1. The standard InChI is InChI=1S/C16H24N2O/c1-16(2,3)9-11-18-15(19)14-13-7-5-4-6-12(13)8-10-17-14/h4-7,14,17H,8-11H2,1-3H3,(H,18,19). The van der Waals surface area contributed by atoms with Crippen molar-refractivity contribution in [2.24, 2.45) is 5.41 Å². The first-order valence-electron chi connectivity index (χ1n) is 7.06. The number of carbonyl (C=O) groups excluding carboxylic acids is 1. The van der Waals surface area contributed by atoms with Crippen LogP contribution in [-0.2, 0) is 11.2 Å². The van der Waals surface area contributed by atoms with E-state index in [0.29, 0.717) is 0 Å². The molecule has 0 spiro atoms. The second-order valence-corrected chi connectivity index (χ2v) is 6.44. The normalized spacial score (nSPS) is 18.8. The van der Waals surface area contributed by atoms with Crippen molar-refractivity contribution in [3.8, 4) is 0 Å². The summed E-state index contributed by atoms with van der Waals surface area (Å²) in [6.45, 7) is 8.17. The highest BCUT2D eigenvalue weighted by Crippen LogP contribution is 2.23. The van der Waals surface area contributed by atoms with Gasteiger partial charge in [-0.05, 0) is 29.4 Å². The van der Waals surface area contributed by atoms with E-state index >= 15 is 0 Å². The van der Waals surface area contributed by atoms with Crippen molar-refractivity contribution in [1.29, 1.82) is 0 Å². The number of benzene rings is 1. The minimum Gasteiger partial charge on any atom is -0.354 e. The summed E-state index contributed by atoms with van der Waals surface area (Å²) in [5.74, 6) is 0.0939. The van der Waals surface area contributed by atoms with Crippen LogP contribution in [0.25, 0.3) is 0 Å². The lowest BCUT2D eigenvalue weighted by Gasteiger charge is -2.26. The van der Waals surface area contributed by atoms with Crippen LogP contribution in [0.5, 0.6) is 0 Å². The molecule has 1 heterocycles. The Kier molecular flexibility index (Phi) is 4.25. The van der Waals surface area contributed by atoms with E-state index in [1.165, 1.54) is 5.56 Å². The number of nitrogens with one attached hydrogen (secondary N) is 2. The topological polar surface area (TPSA) is 41.1 Å². The van der Waals surface area contributed by atoms with Crippen molar-refractivity contribution >= 4 is 5.91 Å². The van der Waals surface area contributed by atoms with Gasteiger partial charge in [0.25, 0.3) is 0 Å². The fourth-order valence-electron chi connectivity index (χ4n) is 2.40. The van der Waals surface area contributed by atoms with Crippen LogP contribution in [0.3, 0.4) is 0 Å². The quantitative estimate of drug-likeness (QED) is 0.876. The third-order valence-corrected chi connectivity index (χ3v) is 3.55. The number of hydrogen-bond donors (Lipinski definition) is 2. The van der Waals surface area contributed by atoms with Crippen LogP contribution < -0.4 is 10.6 Å². The molecule has 1 unspecified atom stereocenters. The van der Waals surface area contributed by atoms with E-state index in [4.69, 9.17) is 0 Å². The predicted molar refractivity (Wildman–Crippen MR) is 78.0 cm³/mol. The van der Waals surface area contributed by atoms with Gasteiger partial charge < -0.3 is 10.6 Å². The Morgan fingerprint density at radius 3 is 2.84 bits per heavy atom. The van der Waals surface area contributed by atoms with Gasteiger partial charge >= 0.3 is 0 Å². The summed E-state index contributed by atoms with van der Waals surface area (Å²) in [6, 6.07) is 8.02. The highest BCUT2D eigenvalue weighted by atomic mass is 16.2. The lowest BCUT2D eigenvalue weighted by molar-refractivity contribution is -0.123. The van der Waals surface area contributed by atoms with Crippen molar-refractivity contribution in [2.75, 3.05) is 13.1 Å². The number of fused-ring (bicyclic) bond motifs is 1. The summed E-state index contributed by atoms with van der Waals surface area (Å²) in [7, 11) is 0. The van der Waals surface area contributed by atoms with E-state index < -0.39 is 0 Å². The molecule has 1 amide bonds. The van der Waals surface area contributed by atoms with E-state index in [0.717, 1.165) is 31.5 Å². The largest absolute Gasteiger partial charge is 0.354 e. The van der Waals surface area contributed by atoms with Crippen LogP contribution in [0.4, 0.5) is 0 Å². The van der Waals surface area contributed by atoms with Gasteiger partial charge in [0.2, 0.25) is 5.91 Å². The average molecular weight is 260 g/mol. The molecule has 1 aliphatic rings.